The normalized spacial score (nSPS) is 19.9. The Balaban J connectivity index is 2.15. The standard InChI is InChI=1S/C17H14BrFN2O4S2/c1-21-15(22)17(20-16(21)26,11-5-8-14(19)13(18)9-11)10-3-6-12(7-4-10)25-27(2,23)24/h3-9H,1-2H3,(H,20,26). The number of nitrogens with one attached hydrogen (secondary N) is 1. The van der Waals surface area contributed by atoms with Crippen molar-refractivity contribution in [2.75, 3.05) is 13.3 Å². The van der Waals surface area contributed by atoms with Crippen LogP contribution in [0.2, 0.25) is 0 Å². The molecule has 0 spiro atoms. The van der Waals surface area contributed by atoms with E-state index in [9.17, 15) is 17.6 Å². The van der Waals surface area contributed by atoms with Crippen molar-refractivity contribution < 1.29 is 21.8 Å². The Morgan fingerprint density at radius 2 is 1.78 bits per heavy atom. The molecule has 2 aromatic carbocycles. The number of carbonyl (C=O) groups excluding carboxylic acids is 1. The number of amides is 1. The summed E-state index contributed by atoms with van der Waals surface area (Å²) >= 11 is 8.37. The van der Waals surface area contributed by atoms with E-state index in [0.29, 0.717) is 11.1 Å². The van der Waals surface area contributed by atoms with E-state index in [-0.39, 0.29) is 21.2 Å². The van der Waals surface area contributed by atoms with Crippen LogP contribution in [0.1, 0.15) is 11.1 Å². The van der Waals surface area contributed by atoms with Gasteiger partial charge in [0.25, 0.3) is 5.91 Å². The topological polar surface area (TPSA) is 75.7 Å². The molecule has 0 bridgehead atoms. The zero-order valence-electron chi connectivity index (χ0n) is 14.2. The monoisotopic (exact) mass is 472 g/mol. The third kappa shape index (κ3) is 3.56. The van der Waals surface area contributed by atoms with Crippen molar-refractivity contribution in [2.45, 2.75) is 5.54 Å². The van der Waals surface area contributed by atoms with Gasteiger partial charge in [0.05, 0.1) is 10.7 Å². The highest BCUT2D eigenvalue weighted by molar-refractivity contribution is 9.10. The fourth-order valence-corrected chi connectivity index (χ4v) is 3.94. The van der Waals surface area contributed by atoms with E-state index in [1.165, 1.54) is 35.2 Å². The molecule has 3 rings (SSSR count). The first-order valence-electron chi connectivity index (χ1n) is 7.60. The van der Waals surface area contributed by atoms with E-state index in [0.717, 1.165) is 6.26 Å². The number of rotatable bonds is 4. The zero-order valence-corrected chi connectivity index (χ0v) is 17.4. The van der Waals surface area contributed by atoms with Crippen LogP contribution in [0, 0.1) is 5.82 Å². The molecule has 1 saturated heterocycles. The van der Waals surface area contributed by atoms with Crippen LogP contribution in [-0.4, -0.2) is 37.6 Å². The molecule has 1 aliphatic rings. The average molecular weight is 473 g/mol. The number of halogens is 2. The Morgan fingerprint density at radius 3 is 2.26 bits per heavy atom. The second-order valence-electron chi connectivity index (χ2n) is 5.99. The lowest BCUT2D eigenvalue weighted by atomic mass is 9.82. The molecule has 0 aliphatic carbocycles. The zero-order chi connectivity index (χ0) is 20.0. The third-order valence-corrected chi connectivity index (χ3v) is 5.59. The Kier molecular flexibility index (Phi) is 5.00. The van der Waals surface area contributed by atoms with Gasteiger partial charge in [-0.1, -0.05) is 18.2 Å². The minimum absolute atomic E-state index is 0.109. The van der Waals surface area contributed by atoms with Crippen molar-refractivity contribution in [3.8, 4) is 5.75 Å². The number of hydrogen-bond donors (Lipinski definition) is 1. The fraction of sp³-hybridized carbons (Fsp3) is 0.176. The Bertz CT molecular complexity index is 1040. The summed E-state index contributed by atoms with van der Waals surface area (Å²) in [6, 6.07) is 10.2. The summed E-state index contributed by atoms with van der Waals surface area (Å²) in [6.45, 7) is 0. The largest absolute Gasteiger partial charge is 0.383 e. The molecule has 0 radical (unpaired) electrons. The highest BCUT2D eigenvalue weighted by Gasteiger charge is 2.51. The molecule has 2 aromatic rings. The maximum Gasteiger partial charge on any atom is 0.306 e. The van der Waals surface area contributed by atoms with Gasteiger partial charge >= 0.3 is 10.1 Å². The number of carbonyl (C=O) groups is 1. The van der Waals surface area contributed by atoms with Crippen LogP contribution in [0.5, 0.6) is 5.75 Å². The number of benzene rings is 2. The van der Waals surface area contributed by atoms with Gasteiger partial charge in [-0.15, -0.1) is 0 Å². The number of nitrogens with zero attached hydrogens (tertiary/aromatic N) is 1. The van der Waals surface area contributed by atoms with E-state index in [2.05, 4.69) is 21.2 Å². The van der Waals surface area contributed by atoms with Gasteiger partial charge in [-0.2, -0.15) is 8.42 Å². The molecule has 1 aliphatic heterocycles. The minimum Gasteiger partial charge on any atom is -0.383 e. The SMILES string of the molecule is CN1C(=O)C(c2ccc(OS(C)(=O)=O)cc2)(c2ccc(F)c(Br)c2)NC1=S. The molecule has 6 nitrogen and oxygen atoms in total. The second kappa shape index (κ2) is 6.84. The van der Waals surface area contributed by atoms with Crippen molar-refractivity contribution in [2.24, 2.45) is 0 Å². The van der Waals surface area contributed by atoms with Gasteiger partial charge in [-0.3, -0.25) is 9.69 Å². The van der Waals surface area contributed by atoms with Crippen molar-refractivity contribution >= 4 is 49.3 Å². The van der Waals surface area contributed by atoms with Gasteiger partial charge in [0.1, 0.15) is 11.6 Å². The molecule has 1 unspecified atom stereocenters. The van der Waals surface area contributed by atoms with E-state index in [1.807, 2.05) is 0 Å². The lowest BCUT2D eigenvalue weighted by molar-refractivity contribution is -0.129. The average Bonchev–Trinajstić information content (AvgIpc) is 2.82. The van der Waals surface area contributed by atoms with Gasteiger partial charge in [0.15, 0.2) is 10.7 Å². The van der Waals surface area contributed by atoms with Crippen LogP contribution in [0.25, 0.3) is 0 Å². The first-order valence-corrected chi connectivity index (χ1v) is 10.6. The summed E-state index contributed by atoms with van der Waals surface area (Å²) in [4.78, 5) is 14.4. The van der Waals surface area contributed by atoms with E-state index in [1.54, 1.807) is 19.2 Å². The Labute approximate surface area is 169 Å². The van der Waals surface area contributed by atoms with Crippen molar-refractivity contribution in [1.29, 1.82) is 0 Å². The quantitative estimate of drug-likeness (QED) is 0.544. The molecule has 0 aromatic heterocycles. The van der Waals surface area contributed by atoms with Crippen LogP contribution in [0.3, 0.4) is 0 Å². The number of thiocarbonyl (C=S) groups is 1. The number of likely N-dealkylation sites (N-methyl/N-ethyl adjacent to an activating group) is 1. The molecular weight excluding hydrogens is 459 g/mol. The summed E-state index contributed by atoms with van der Waals surface area (Å²) in [5, 5.41) is 3.24. The van der Waals surface area contributed by atoms with Gasteiger partial charge in [-0.25, -0.2) is 4.39 Å². The summed E-state index contributed by atoms with van der Waals surface area (Å²) in [5.41, 5.74) is -0.395. The Morgan fingerprint density at radius 1 is 1.19 bits per heavy atom. The van der Waals surface area contributed by atoms with E-state index >= 15 is 0 Å². The Hall–Kier alpha value is -2.04. The van der Waals surface area contributed by atoms with Crippen molar-refractivity contribution in [1.82, 2.24) is 10.2 Å². The fourth-order valence-electron chi connectivity index (χ4n) is 2.86. The minimum atomic E-state index is -3.67. The van der Waals surface area contributed by atoms with Crippen LogP contribution < -0.4 is 9.50 Å². The van der Waals surface area contributed by atoms with Crippen molar-refractivity contribution in [3.63, 3.8) is 0 Å². The molecule has 1 atom stereocenters. The molecular formula is C17H14BrFN2O4S2. The first-order chi connectivity index (χ1) is 12.5. The van der Waals surface area contributed by atoms with E-state index in [4.69, 9.17) is 16.4 Å². The summed E-state index contributed by atoms with van der Waals surface area (Å²) in [7, 11) is -2.13. The first kappa shape index (κ1) is 19.7. The molecule has 1 fully saturated rings. The smallest absolute Gasteiger partial charge is 0.306 e. The van der Waals surface area contributed by atoms with Gasteiger partial charge < -0.3 is 9.50 Å². The second-order valence-corrected chi connectivity index (χ2v) is 8.80. The highest BCUT2D eigenvalue weighted by atomic mass is 79.9. The maximum absolute atomic E-state index is 13.7. The predicted octanol–water partition coefficient (Wildman–Crippen LogP) is 2.52. The van der Waals surface area contributed by atoms with Crippen LogP contribution in [0.4, 0.5) is 4.39 Å². The van der Waals surface area contributed by atoms with Crippen LogP contribution >= 0.6 is 28.1 Å². The predicted molar refractivity (Wildman–Crippen MR) is 105 cm³/mol. The van der Waals surface area contributed by atoms with E-state index < -0.39 is 21.5 Å². The van der Waals surface area contributed by atoms with Crippen molar-refractivity contribution in [3.05, 3.63) is 63.9 Å². The van der Waals surface area contributed by atoms with Gasteiger partial charge in [0, 0.05) is 7.05 Å². The summed E-state index contributed by atoms with van der Waals surface area (Å²) in [6.07, 6.45) is 0.938. The molecule has 1 amide bonds. The number of hydrogen-bond acceptors (Lipinski definition) is 5. The van der Waals surface area contributed by atoms with Gasteiger partial charge in [0.2, 0.25) is 0 Å². The third-order valence-electron chi connectivity index (χ3n) is 4.11. The van der Waals surface area contributed by atoms with Crippen LogP contribution in [0.15, 0.2) is 46.9 Å². The molecule has 1 N–H and O–H groups in total. The van der Waals surface area contributed by atoms with Gasteiger partial charge in [-0.05, 0) is 63.5 Å². The molecule has 1 heterocycles. The highest BCUT2D eigenvalue weighted by Crippen LogP contribution is 2.37. The summed E-state index contributed by atoms with van der Waals surface area (Å²) in [5.74, 6) is -0.701. The lowest BCUT2D eigenvalue weighted by Crippen LogP contribution is -2.45. The lowest BCUT2D eigenvalue weighted by Gasteiger charge is -2.28. The maximum atomic E-state index is 13.7. The molecule has 142 valence electrons. The molecule has 0 saturated carbocycles. The molecule has 10 heteroatoms. The summed E-state index contributed by atoms with van der Waals surface area (Å²) < 4.78 is 41.3. The van der Waals surface area contributed by atoms with Crippen LogP contribution in [-0.2, 0) is 20.5 Å². The molecule has 27 heavy (non-hydrogen) atoms.